The number of hydrogen-bond acceptors (Lipinski definition) is 3. The quantitative estimate of drug-likeness (QED) is 0.904. The molecule has 0 saturated carbocycles. The van der Waals surface area contributed by atoms with Gasteiger partial charge in [-0.05, 0) is 41.4 Å². The molecule has 0 radical (unpaired) electrons. The number of aromatic nitrogens is 1. The third kappa shape index (κ3) is 3.78. The van der Waals surface area contributed by atoms with Crippen LogP contribution in [0.3, 0.4) is 0 Å². The molecule has 2 rings (SSSR count). The van der Waals surface area contributed by atoms with E-state index in [2.05, 4.69) is 33.2 Å². The van der Waals surface area contributed by atoms with Crippen LogP contribution >= 0.6 is 15.9 Å². The van der Waals surface area contributed by atoms with E-state index in [0.717, 1.165) is 36.2 Å². The Balaban J connectivity index is 1.76. The first-order chi connectivity index (χ1) is 8.65. The normalized spacial score (nSPS) is 17.2. The van der Waals surface area contributed by atoms with Crippen molar-refractivity contribution in [1.82, 2.24) is 15.2 Å². The topological polar surface area (TPSA) is 45.2 Å². The van der Waals surface area contributed by atoms with Gasteiger partial charge in [0.1, 0.15) is 0 Å². The van der Waals surface area contributed by atoms with E-state index in [1.54, 1.807) is 6.20 Å². The Morgan fingerprint density at radius 3 is 3.00 bits per heavy atom. The largest absolute Gasteiger partial charge is 0.341 e. The number of pyridine rings is 1. The van der Waals surface area contributed by atoms with Gasteiger partial charge in [0, 0.05) is 42.8 Å². The highest BCUT2D eigenvalue weighted by molar-refractivity contribution is 9.10. The summed E-state index contributed by atoms with van der Waals surface area (Å²) in [5.74, 6) is 0.283. The van der Waals surface area contributed by atoms with Crippen LogP contribution < -0.4 is 5.32 Å². The standard InChI is InChI=1S/C13H18BrN3O/c1-10(9-17-6-2-3-13(17)18)15-8-12-5-4-11(14)7-16-12/h4-5,7,10,15H,2-3,6,8-9H2,1H3. The molecular formula is C13H18BrN3O. The van der Waals surface area contributed by atoms with Crippen molar-refractivity contribution in [3.05, 3.63) is 28.5 Å². The van der Waals surface area contributed by atoms with Crippen molar-refractivity contribution < 1.29 is 4.79 Å². The SMILES string of the molecule is CC(CN1CCCC1=O)NCc1ccc(Br)cn1. The average Bonchev–Trinajstić information content (AvgIpc) is 2.74. The molecule has 1 aliphatic heterocycles. The van der Waals surface area contributed by atoms with Gasteiger partial charge in [0.05, 0.1) is 5.69 Å². The molecule has 0 bridgehead atoms. The molecule has 0 spiro atoms. The van der Waals surface area contributed by atoms with Gasteiger partial charge in [0.15, 0.2) is 0 Å². The summed E-state index contributed by atoms with van der Waals surface area (Å²) < 4.78 is 0.988. The number of amides is 1. The summed E-state index contributed by atoms with van der Waals surface area (Å²) in [5, 5.41) is 3.39. The third-order valence-corrected chi connectivity index (χ3v) is 3.55. The molecule has 1 unspecified atom stereocenters. The number of hydrogen-bond donors (Lipinski definition) is 1. The lowest BCUT2D eigenvalue weighted by molar-refractivity contribution is -0.127. The van der Waals surface area contributed by atoms with Crippen molar-refractivity contribution >= 4 is 21.8 Å². The second-order valence-corrected chi connectivity index (χ2v) is 5.61. The van der Waals surface area contributed by atoms with E-state index in [9.17, 15) is 4.79 Å². The van der Waals surface area contributed by atoms with Gasteiger partial charge in [-0.3, -0.25) is 9.78 Å². The van der Waals surface area contributed by atoms with Gasteiger partial charge in [-0.2, -0.15) is 0 Å². The molecule has 5 heteroatoms. The summed E-state index contributed by atoms with van der Waals surface area (Å²) in [7, 11) is 0. The fourth-order valence-corrected chi connectivity index (χ4v) is 2.32. The van der Waals surface area contributed by atoms with Crippen molar-refractivity contribution in [2.75, 3.05) is 13.1 Å². The van der Waals surface area contributed by atoms with Crippen molar-refractivity contribution in [2.24, 2.45) is 0 Å². The van der Waals surface area contributed by atoms with Crippen LogP contribution in [0.2, 0.25) is 0 Å². The highest BCUT2D eigenvalue weighted by atomic mass is 79.9. The molecule has 0 aromatic carbocycles. The second-order valence-electron chi connectivity index (χ2n) is 4.69. The minimum Gasteiger partial charge on any atom is -0.341 e. The lowest BCUT2D eigenvalue weighted by Crippen LogP contribution is -2.39. The van der Waals surface area contributed by atoms with Crippen LogP contribution in [-0.2, 0) is 11.3 Å². The molecular weight excluding hydrogens is 294 g/mol. The lowest BCUT2D eigenvalue weighted by atomic mass is 10.3. The number of likely N-dealkylation sites (tertiary alicyclic amines) is 1. The molecule has 1 amide bonds. The Morgan fingerprint density at radius 1 is 1.56 bits per heavy atom. The number of carbonyl (C=O) groups is 1. The minimum absolute atomic E-state index is 0.283. The van der Waals surface area contributed by atoms with Crippen LogP contribution in [0, 0.1) is 0 Å². The molecule has 1 aromatic rings. The maximum Gasteiger partial charge on any atom is 0.222 e. The van der Waals surface area contributed by atoms with Crippen molar-refractivity contribution in [1.29, 1.82) is 0 Å². The fourth-order valence-electron chi connectivity index (χ4n) is 2.08. The highest BCUT2D eigenvalue weighted by Gasteiger charge is 2.21. The van der Waals surface area contributed by atoms with Gasteiger partial charge in [0.2, 0.25) is 5.91 Å². The number of halogens is 1. The summed E-state index contributed by atoms with van der Waals surface area (Å²) in [6.45, 7) is 4.53. The molecule has 1 atom stereocenters. The Morgan fingerprint density at radius 2 is 2.39 bits per heavy atom. The number of carbonyl (C=O) groups excluding carboxylic acids is 1. The Kier molecular flexibility index (Phi) is 4.72. The van der Waals surface area contributed by atoms with Gasteiger partial charge < -0.3 is 10.2 Å². The zero-order chi connectivity index (χ0) is 13.0. The van der Waals surface area contributed by atoms with Crippen LogP contribution in [0.1, 0.15) is 25.5 Å². The first-order valence-electron chi connectivity index (χ1n) is 6.27. The monoisotopic (exact) mass is 311 g/mol. The van der Waals surface area contributed by atoms with E-state index in [1.807, 2.05) is 17.0 Å². The van der Waals surface area contributed by atoms with Gasteiger partial charge in [-0.15, -0.1) is 0 Å². The smallest absolute Gasteiger partial charge is 0.222 e. The number of rotatable bonds is 5. The Hall–Kier alpha value is -0.940. The predicted molar refractivity (Wildman–Crippen MR) is 74.1 cm³/mol. The van der Waals surface area contributed by atoms with Crippen LogP contribution in [0.4, 0.5) is 0 Å². The molecule has 18 heavy (non-hydrogen) atoms. The van der Waals surface area contributed by atoms with Crippen LogP contribution in [0.15, 0.2) is 22.8 Å². The van der Waals surface area contributed by atoms with Crippen molar-refractivity contribution in [3.8, 4) is 0 Å². The second kappa shape index (κ2) is 6.29. The van der Waals surface area contributed by atoms with Crippen molar-refractivity contribution in [3.63, 3.8) is 0 Å². The van der Waals surface area contributed by atoms with Gasteiger partial charge in [0.25, 0.3) is 0 Å². The zero-order valence-electron chi connectivity index (χ0n) is 10.5. The molecule has 98 valence electrons. The molecule has 0 aliphatic carbocycles. The van der Waals surface area contributed by atoms with E-state index in [0.29, 0.717) is 6.42 Å². The predicted octanol–water partition coefficient (Wildman–Crippen LogP) is 1.94. The van der Waals surface area contributed by atoms with Gasteiger partial charge in [-0.25, -0.2) is 0 Å². The summed E-state index contributed by atoms with van der Waals surface area (Å²) in [4.78, 5) is 17.7. The van der Waals surface area contributed by atoms with E-state index < -0.39 is 0 Å². The van der Waals surface area contributed by atoms with Crippen LogP contribution in [0.5, 0.6) is 0 Å². The zero-order valence-corrected chi connectivity index (χ0v) is 12.1. The summed E-state index contributed by atoms with van der Waals surface area (Å²) >= 11 is 3.36. The van der Waals surface area contributed by atoms with Gasteiger partial charge >= 0.3 is 0 Å². The maximum atomic E-state index is 11.5. The summed E-state index contributed by atoms with van der Waals surface area (Å²) in [5.41, 5.74) is 1.01. The fraction of sp³-hybridized carbons (Fsp3) is 0.538. The van der Waals surface area contributed by atoms with E-state index in [1.165, 1.54) is 0 Å². The van der Waals surface area contributed by atoms with Crippen molar-refractivity contribution in [2.45, 2.75) is 32.4 Å². The minimum atomic E-state index is 0.283. The average molecular weight is 312 g/mol. The van der Waals surface area contributed by atoms with E-state index in [4.69, 9.17) is 0 Å². The molecule has 1 fully saturated rings. The highest BCUT2D eigenvalue weighted by Crippen LogP contribution is 2.10. The molecule has 4 nitrogen and oxygen atoms in total. The van der Waals surface area contributed by atoms with E-state index >= 15 is 0 Å². The summed E-state index contributed by atoms with van der Waals surface area (Å²) in [6.07, 6.45) is 3.51. The first-order valence-corrected chi connectivity index (χ1v) is 7.06. The number of nitrogens with one attached hydrogen (secondary N) is 1. The lowest BCUT2D eigenvalue weighted by Gasteiger charge is -2.21. The number of nitrogens with zero attached hydrogens (tertiary/aromatic N) is 2. The maximum absolute atomic E-state index is 11.5. The van der Waals surface area contributed by atoms with E-state index in [-0.39, 0.29) is 11.9 Å². The third-order valence-electron chi connectivity index (χ3n) is 3.09. The summed E-state index contributed by atoms with van der Waals surface area (Å²) in [6, 6.07) is 4.27. The molecule has 1 saturated heterocycles. The van der Waals surface area contributed by atoms with Gasteiger partial charge in [-0.1, -0.05) is 0 Å². The molecule has 1 aromatic heterocycles. The molecule has 2 heterocycles. The molecule has 1 N–H and O–H groups in total. The Bertz CT molecular complexity index is 407. The van der Waals surface area contributed by atoms with Crippen LogP contribution in [-0.4, -0.2) is 34.9 Å². The van der Waals surface area contributed by atoms with Crippen LogP contribution in [0.25, 0.3) is 0 Å². The Labute approximate surface area is 116 Å². The molecule has 1 aliphatic rings. The first kappa shape index (κ1) is 13.5.